The molecular formula is C8H15F3N2O. The van der Waals surface area contributed by atoms with Crippen molar-refractivity contribution in [2.75, 3.05) is 26.3 Å². The summed E-state index contributed by atoms with van der Waals surface area (Å²) in [5, 5.41) is 0. The summed E-state index contributed by atoms with van der Waals surface area (Å²) in [6.07, 6.45) is -3.10. The van der Waals surface area contributed by atoms with E-state index in [1.165, 1.54) is 0 Å². The van der Waals surface area contributed by atoms with Gasteiger partial charge in [0.25, 0.3) is 0 Å². The van der Waals surface area contributed by atoms with Crippen molar-refractivity contribution in [3.05, 3.63) is 0 Å². The van der Waals surface area contributed by atoms with Crippen LogP contribution in [0.4, 0.5) is 13.2 Å². The fourth-order valence-electron chi connectivity index (χ4n) is 1.65. The van der Waals surface area contributed by atoms with Crippen molar-refractivity contribution in [2.45, 2.75) is 25.2 Å². The minimum absolute atomic E-state index is 0.0835. The number of rotatable bonds is 4. The van der Waals surface area contributed by atoms with Crippen molar-refractivity contribution in [3.63, 3.8) is 0 Å². The van der Waals surface area contributed by atoms with Crippen LogP contribution in [-0.4, -0.2) is 43.5 Å². The summed E-state index contributed by atoms with van der Waals surface area (Å²) in [6.45, 7) is 0.873. The van der Waals surface area contributed by atoms with E-state index in [0.29, 0.717) is 30.9 Å². The van der Waals surface area contributed by atoms with E-state index in [9.17, 15) is 13.2 Å². The summed E-state index contributed by atoms with van der Waals surface area (Å²) in [5.41, 5.74) is 5.17. The molecule has 2 N–H and O–H groups in total. The number of alkyl halides is 3. The van der Waals surface area contributed by atoms with Crippen LogP contribution in [0.5, 0.6) is 0 Å². The first kappa shape index (κ1) is 11.7. The molecule has 0 saturated carbocycles. The zero-order valence-corrected chi connectivity index (χ0v) is 7.89. The Kier molecular flexibility index (Phi) is 4.15. The molecule has 3 nitrogen and oxygen atoms in total. The van der Waals surface area contributed by atoms with Gasteiger partial charge >= 0.3 is 6.30 Å². The molecule has 0 aromatic heterocycles. The molecule has 1 rings (SSSR count). The fraction of sp³-hybridized carbons (Fsp3) is 1.00. The van der Waals surface area contributed by atoms with E-state index < -0.39 is 12.3 Å². The molecule has 0 spiro atoms. The summed E-state index contributed by atoms with van der Waals surface area (Å²) < 4.78 is 42.1. The lowest BCUT2D eigenvalue weighted by Crippen LogP contribution is -2.43. The molecule has 84 valence electrons. The Hall–Kier alpha value is -0.330. The summed E-state index contributed by atoms with van der Waals surface area (Å²) in [7, 11) is 0. The second kappa shape index (κ2) is 4.95. The van der Waals surface area contributed by atoms with Crippen LogP contribution >= 0.6 is 0 Å². The summed E-state index contributed by atoms with van der Waals surface area (Å²) in [4.78, 5) is 0.545. The first-order valence-corrected chi connectivity index (χ1v) is 4.67. The molecule has 0 bridgehead atoms. The zero-order chi connectivity index (χ0) is 10.6. The Balaban J connectivity index is 2.36. The van der Waals surface area contributed by atoms with Gasteiger partial charge in [0, 0.05) is 19.1 Å². The van der Waals surface area contributed by atoms with E-state index in [1.54, 1.807) is 0 Å². The lowest BCUT2D eigenvalue weighted by Gasteiger charge is -2.26. The number of ether oxygens (including phenoxy) is 1. The first-order valence-electron chi connectivity index (χ1n) is 4.67. The predicted octanol–water partition coefficient (Wildman–Crippen LogP) is 0.946. The molecular weight excluding hydrogens is 197 g/mol. The van der Waals surface area contributed by atoms with Gasteiger partial charge in [0.15, 0.2) is 0 Å². The minimum Gasteiger partial charge on any atom is -0.379 e. The Bertz CT molecular complexity index is 174. The average molecular weight is 212 g/mol. The minimum atomic E-state index is -4.23. The molecule has 1 fully saturated rings. The topological polar surface area (TPSA) is 38.5 Å². The van der Waals surface area contributed by atoms with Crippen molar-refractivity contribution >= 4 is 0 Å². The van der Waals surface area contributed by atoms with Gasteiger partial charge in [-0.15, -0.1) is 0 Å². The summed E-state index contributed by atoms with van der Waals surface area (Å²) in [5.74, 6) is 0. The van der Waals surface area contributed by atoms with Gasteiger partial charge < -0.3 is 10.5 Å². The van der Waals surface area contributed by atoms with Crippen LogP contribution < -0.4 is 5.73 Å². The van der Waals surface area contributed by atoms with Gasteiger partial charge in [-0.05, 0) is 12.8 Å². The van der Waals surface area contributed by atoms with E-state index in [1.807, 2.05) is 0 Å². The highest BCUT2D eigenvalue weighted by atomic mass is 19.4. The van der Waals surface area contributed by atoms with Crippen molar-refractivity contribution < 1.29 is 17.9 Å². The van der Waals surface area contributed by atoms with Gasteiger partial charge in [0.05, 0.1) is 13.2 Å². The molecule has 1 atom stereocenters. The van der Waals surface area contributed by atoms with Crippen molar-refractivity contribution in [3.8, 4) is 0 Å². The van der Waals surface area contributed by atoms with Gasteiger partial charge in [0.1, 0.15) is 0 Å². The lowest BCUT2D eigenvalue weighted by molar-refractivity contribution is -0.253. The van der Waals surface area contributed by atoms with Crippen molar-refractivity contribution in [1.29, 1.82) is 0 Å². The number of hydrogen-bond acceptors (Lipinski definition) is 3. The summed E-state index contributed by atoms with van der Waals surface area (Å²) in [6, 6.07) is -0.526. The Morgan fingerprint density at radius 2 is 2.14 bits per heavy atom. The van der Waals surface area contributed by atoms with E-state index >= 15 is 0 Å². The van der Waals surface area contributed by atoms with E-state index in [2.05, 4.69) is 0 Å². The highest BCUT2D eigenvalue weighted by Crippen LogP contribution is 2.30. The van der Waals surface area contributed by atoms with Crippen molar-refractivity contribution in [1.82, 2.24) is 4.90 Å². The van der Waals surface area contributed by atoms with Crippen LogP contribution in [0.3, 0.4) is 0 Å². The average Bonchev–Trinajstić information content (AvgIpc) is 2.52. The molecule has 0 aromatic rings. The molecule has 0 aliphatic carbocycles. The Morgan fingerprint density at radius 1 is 1.43 bits per heavy atom. The van der Waals surface area contributed by atoms with Crippen LogP contribution in [0.2, 0.25) is 0 Å². The summed E-state index contributed by atoms with van der Waals surface area (Å²) >= 11 is 0. The third-order valence-corrected chi connectivity index (χ3v) is 2.28. The largest absolute Gasteiger partial charge is 0.460 e. The molecule has 1 aliphatic rings. The highest BCUT2D eigenvalue weighted by Gasteiger charge is 2.44. The zero-order valence-electron chi connectivity index (χ0n) is 7.89. The molecule has 1 unspecified atom stereocenters. The molecule has 1 saturated heterocycles. The highest BCUT2D eigenvalue weighted by molar-refractivity contribution is 4.80. The maximum absolute atomic E-state index is 12.4. The SMILES string of the molecule is NCCOCC1CCCN1C(F)(F)F. The number of nitrogens with two attached hydrogens (primary N) is 1. The van der Waals surface area contributed by atoms with Crippen LogP contribution in [0.15, 0.2) is 0 Å². The maximum atomic E-state index is 12.4. The fourth-order valence-corrected chi connectivity index (χ4v) is 1.65. The second-order valence-corrected chi connectivity index (χ2v) is 3.32. The van der Waals surface area contributed by atoms with Crippen LogP contribution in [-0.2, 0) is 4.74 Å². The van der Waals surface area contributed by atoms with Gasteiger partial charge in [-0.3, -0.25) is 0 Å². The molecule has 1 heterocycles. The van der Waals surface area contributed by atoms with Gasteiger partial charge in [-0.2, -0.15) is 13.2 Å². The van der Waals surface area contributed by atoms with Crippen LogP contribution in [0.25, 0.3) is 0 Å². The Labute approximate surface area is 81.0 Å². The lowest BCUT2D eigenvalue weighted by atomic mass is 10.2. The quantitative estimate of drug-likeness (QED) is 0.557. The first-order chi connectivity index (χ1) is 6.55. The number of likely N-dealkylation sites (tertiary alicyclic amines) is 1. The second-order valence-electron chi connectivity index (χ2n) is 3.32. The van der Waals surface area contributed by atoms with E-state index in [4.69, 9.17) is 10.5 Å². The molecule has 1 aliphatic heterocycles. The van der Waals surface area contributed by atoms with E-state index in [0.717, 1.165) is 0 Å². The normalized spacial score (nSPS) is 24.4. The predicted molar refractivity (Wildman–Crippen MR) is 45.7 cm³/mol. The van der Waals surface area contributed by atoms with Gasteiger partial charge in [0.2, 0.25) is 0 Å². The number of nitrogens with zero attached hydrogens (tertiary/aromatic N) is 1. The monoisotopic (exact) mass is 212 g/mol. The molecule has 6 heteroatoms. The molecule has 0 radical (unpaired) electrons. The standard InChI is InChI=1S/C8H15F3N2O/c9-8(10,11)13-4-1-2-7(13)6-14-5-3-12/h7H,1-6,12H2. The van der Waals surface area contributed by atoms with Gasteiger partial charge in [-0.1, -0.05) is 0 Å². The van der Waals surface area contributed by atoms with Crippen LogP contribution in [0.1, 0.15) is 12.8 Å². The van der Waals surface area contributed by atoms with Gasteiger partial charge in [-0.25, -0.2) is 4.90 Å². The molecule has 14 heavy (non-hydrogen) atoms. The maximum Gasteiger partial charge on any atom is 0.460 e. The van der Waals surface area contributed by atoms with Crippen LogP contribution in [0, 0.1) is 0 Å². The van der Waals surface area contributed by atoms with E-state index in [-0.39, 0.29) is 13.2 Å². The third kappa shape index (κ3) is 3.11. The number of hydrogen-bond donors (Lipinski definition) is 1. The smallest absolute Gasteiger partial charge is 0.379 e. The molecule has 0 aromatic carbocycles. The molecule has 0 amide bonds. The van der Waals surface area contributed by atoms with Crippen molar-refractivity contribution in [2.24, 2.45) is 5.73 Å². The Morgan fingerprint density at radius 3 is 2.71 bits per heavy atom. The third-order valence-electron chi connectivity index (χ3n) is 2.28. The number of halogens is 3.